The van der Waals surface area contributed by atoms with Crippen molar-refractivity contribution >= 4 is 11.8 Å². The molecular formula is C21H28F3N3O2. The lowest BCUT2D eigenvalue weighted by atomic mass is 9.94. The van der Waals surface area contributed by atoms with Gasteiger partial charge in [-0.1, -0.05) is 0 Å². The molecule has 2 aliphatic rings. The molecule has 0 aliphatic carbocycles. The van der Waals surface area contributed by atoms with Gasteiger partial charge in [0.25, 0.3) is 5.91 Å². The van der Waals surface area contributed by atoms with Crippen molar-refractivity contribution < 1.29 is 22.8 Å². The molecule has 1 aromatic rings. The first-order valence-electron chi connectivity index (χ1n) is 10.2. The van der Waals surface area contributed by atoms with Crippen LogP contribution in [0.25, 0.3) is 0 Å². The fourth-order valence-electron chi connectivity index (χ4n) is 4.03. The SMILES string of the molecule is CC(C)N1CCN(C(=O)C2CCN(C(=O)c3ccc(C(F)(F)F)cc3)CC2)CC1. The molecule has 3 rings (SSSR count). The van der Waals surface area contributed by atoms with Crippen LogP contribution in [0, 0.1) is 5.92 Å². The van der Waals surface area contributed by atoms with Crippen LogP contribution in [0.5, 0.6) is 0 Å². The number of alkyl halides is 3. The second-order valence-electron chi connectivity index (χ2n) is 8.10. The Morgan fingerprint density at radius 3 is 1.93 bits per heavy atom. The summed E-state index contributed by atoms with van der Waals surface area (Å²) in [6.07, 6.45) is -3.23. The number of hydrogen-bond acceptors (Lipinski definition) is 3. The van der Waals surface area contributed by atoms with Gasteiger partial charge in [0.2, 0.25) is 5.91 Å². The van der Waals surface area contributed by atoms with Crippen LogP contribution in [-0.4, -0.2) is 71.8 Å². The minimum Gasteiger partial charge on any atom is -0.340 e. The maximum atomic E-state index is 12.8. The summed E-state index contributed by atoms with van der Waals surface area (Å²) in [6.45, 7) is 8.44. The predicted molar refractivity (Wildman–Crippen MR) is 103 cm³/mol. The van der Waals surface area contributed by atoms with E-state index >= 15 is 0 Å². The summed E-state index contributed by atoms with van der Waals surface area (Å²) in [6, 6.07) is 4.78. The number of halogens is 3. The largest absolute Gasteiger partial charge is 0.416 e. The van der Waals surface area contributed by atoms with E-state index in [9.17, 15) is 22.8 Å². The van der Waals surface area contributed by atoms with Crippen molar-refractivity contribution in [1.29, 1.82) is 0 Å². The standard InChI is InChI=1S/C21H28F3N3O2/c1-15(2)25-11-13-27(14-12-25)20(29)17-7-9-26(10-8-17)19(28)16-3-5-18(6-4-16)21(22,23)24/h3-6,15,17H,7-14H2,1-2H3. The summed E-state index contributed by atoms with van der Waals surface area (Å²) in [5, 5.41) is 0. The van der Waals surface area contributed by atoms with Crippen molar-refractivity contribution in [3.8, 4) is 0 Å². The molecule has 0 bridgehead atoms. The summed E-state index contributed by atoms with van der Waals surface area (Å²) in [4.78, 5) is 31.3. The number of rotatable bonds is 3. The first-order valence-corrected chi connectivity index (χ1v) is 10.2. The van der Waals surface area contributed by atoms with Gasteiger partial charge in [0.05, 0.1) is 5.56 Å². The Labute approximate surface area is 169 Å². The monoisotopic (exact) mass is 411 g/mol. The highest BCUT2D eigenvalue weighted by molar-refractivity contribution is 5.94. The Kier molecular flexibility index (Phi) is 6.51. The van der Waals surface area contributed by atoms with Gasteiger partial charge in [0.1, 0.15) is 0 Å². The van der Waals surface area contributed by atoms with Crippen LogP contribution in [0.2, 0.25) is 0 Å². The Morgan fingerprint density at radius 1 is 0.897 bits per heavy atom. The average Bonchev–Trinajstić information content (AvgIpc) is 2.72. The van der Waals surface area contributed by atoms with Gasteiger partial charge in [-0.3, -0.25) is 14.5 Å². The van der Waals surface area contributed by atoms with Crippen LogP contribution >= 0.6 is 0 Å². The number of nitrogens with zero attached hydrogens (tertiary/aromatic N) is 3. The van der Waals surface area contributed by atoms with Gasteiger partial charge in [-0.15, -0.1) is 0 Å². The second kappa shape index (κ2) is 8.73. The Hall–Kier alpha value is -2.09. The third-order valence-corrected chi connectivity index (χ3v) is 5.95. The van der Waals surface area contributed by atoms with Crippen LogP contribution in [0.1, 0.15) is 42.6 Å². The Balaban J connectivity index is 1.51. The molecule has 2 heterocycles. The fourth-order valence-corrected chi connectivity index (χ4v) is 4.03. The summed E-state index contributed by atoms with van der Waals surface area (Å²) in [5.41, 5.74) is -0.525. The molecule has 160 valence electrons. The van der Waals surface area contributed by atoms with Crippen molar-refractivity contribution in [1.82, 2.24) is 14.7 Å². The minimum atomic E-state index is -4.42. The summed E-state index contributed by atoms with van der Waals surface area (Å²) in [7, 11) is 0. The molecule has 2 fully saturated rings. The van der Waals surface area contributed by atoms with E-state index in [0.29, 0.717) is 32.0 Å². The van der Waals surface area contributed by atoms with E-state index in [1.165, 1.54) is 12.1 Å². The van der Waals surface area contributed by atoms with E-state index in [4.69, 9.17) is 0 Å². The van der Waals surface area contributed by atoms with Crippen molar-refractivity contribution in [2.24, 2.45) is 5.92 Å². The van der Waals surface area contributed by atoms with E-state index in [2.05, 4.69) is 18.7 Å². The van der Waals surface area contributed by atoms with E-state index < -0.39 is 11.7 Å². The van der Waals surface area contributed by atoms with Crippen molar-refractivity contribution in [2.45, 2.75) is 38.9 Å². The van der Waals surface area contributed by atoms with E-state index in [-0.39, 0.29) is 23.3 Å². The van der Waals surface area contributed by atoms with Crippen molar-refractivity contribution in [3.63, 3.8) is 0 Å². The molecule has 8 heteroatoms. The highest BCUT2D eigenvalue weighted by Crippen LogP contribution is 2.29. The summed E-state index contributed by atoms with van der Waals surface area (Å²) >= 11 is 0. The highest BCUT2D eigenvalue weighted by Gasteiger charge is 2.33. The molecule has 0 unspecified atom stereocenters. The molecule has 1 aromatic carbocycles. The maximum Gasteiger partial charge on any atom is 0.416 e. The van der Waals surface area contributed by atoms with Gasteiger partial charge in [-0.05, 0) is 51.0 Å². The van der Waals surface area contributed by atoms with Crippen molar-refractivity contribution in [3.05, 3.63) is 35.4 Å². The predicted octanol–water partition coefficient (Wildman–Crippen LogP) is 3.11. The number of likely N-dealkylation sites (tertiary alicyclic amines) is 1. The Morgan fingerprint density at radius 2 is 1.45 bits per heavy atom. The fraction of sp³-hybridized carbons (Fsp3) is 0.619. The minimum absolute atomic E-state index is 0.0859. The van der Waals surface area contributed by atoms with Gasteiger partial charge < -0.3 is 9.80 Å². The third-order valence-electron chi connectivity index (χ3n) is 5.95. The lowest BCUT2D eigenvalue weighted by molar-refractivity contribution is -0.139. The average molecular weight is 411 g/mol. The van der Waals surface area contributed by atoms with Crippen LogP contribution in [-0.2, 0) is 11.0 Å². The molecule has 0 spiro atoms. The molecule has 2 aliphatic heterocycles. The van der Waals surface area contributed by atoms with E-state index in [0.717, 1.165) is 38.3 Å². The smallest absolute Gasteiger partial charge is 0.340 e. The molecule has 29 heavy (non-hydrogen) atoms. The first kappa shape index (κ1) is 21.6. The van der Waals surface area contributed by atoms with Gasteiger partial charge >= 0.3 is 6.18 Å². The van der Waals surface area contributed by atoms with E-state index in [1.807, 2.05) is 4.90 Å². The lowest BCUT2D eigenvalue weighted by Crippen LogP contribution is -2.53. The van der Waals surface area contributed by atoms with Gasteiger partial charge in [-0.2, -0.15) is 13.2 Å². The number of piperazine rings is 1. The zero-order valence-electron chi connectivity index (χ0n) is 16.9. The van der Waals surface area contributed by atoms with Crippen LogP contribution in [0.3, 0.4) is 0 Å². The molecule has 0 aromatic heterocycles. The number of piperidine rings is 1. The number of carbonyl (C=O) groups is 2. The van der Waals surface area contributed by atoms with Gasteiger partial charge in [-0.25, -0.2) is 0 Å². The molecule has 2 amide bonds. The zero-order valence-corrected chi connectivity index (χ0v) is 16.9. The second-order valence-corrected chi connectivity index (χ2v) is 8.10. The van der Waals surface area contributed by atoms with Crippen LogP contribution in [0.4, 0.5) is 13.2 Å². The molecule has 5 nitrogen and oxygen atoms in total. The highest BCUT2D eigenvalue weighted by atomic mass is 19.4. The van der Waals surface area contributed by atoms with Gasteiger partial charge in [0.15, 0.2) is 0 Å². The van der Waals surface area contributed by atoms with Gasteiger partial charge in [0, 0.05) is 56.8 Å². The topological polar surface area (TPSA) is 43.9 Å². The summed E-state index contributed by atoms with van der Waals surface area (Å²) < 4.78 is 38.0. The van der Waals surface area contributed by atoms with Crippen LogP contribution < -0.4 is 0 Å². The Bertz CT molecular complexity index is 718. The lowest BCUT2D eigenvalue weighted by Gasteiger charge is -2.39. The van der Waals surface area contributed by atoms with Crippen molar-refractivity contribution in [2.75, 3.05) is 39.3 Å². The molecule has 0 N–H and O–H groups in total. The number of hydrogen-bond donors (Lipinski definition) is 0. The third kappa shape index (κ3) is 5.10. The quantitative estimate of drug-likeness (QED) is 0.768. The number of carbonyl (C=O) groups excluding carboxylic acids is 2. The molecule has 0 radical (unpaired) electrons. The molecule has 0 atom stereocenters. The first-order chi connectivity index (χ1) is 13.7. The van der Waals surface area contributed by atoms with E-state index in [1.54, 1.807) is 4.90 Å². The molecule has 2 saturated heterocycles. The summed E-state index contributed by atoms with van der Waals surface area (Å²) in [5.74, 6) is -0.206. The molecular weight excluding hydrogens is 383 g/mol. The number of amides is 2. The normalized spacial score (nSPS) is 19.7. The molecule has 0 saturated carbocycles. The number of benzene rings is 1. The zero-order chi connectivity index (χ0) is 21.2. The maximum absolute atomic E-state index is 12.8. The van der Waals surface area contributed by atoms with Crippen LogP contribution in [0.15, 0.2) is 24.3 Å².